The molecule has 0 aromatic carbocycles. The summed E-state index contributed by atoms with van der Waals surface area (Å²) in [5.41, 5.74) is 2.64. The van der Waals surface area contributed by atoms with Crippen molar-refractivity contribution in [2.24, 2.45) is 0 Å². The highest BCUT2D eigenvalue weighted by Gasteiger charge is 2.15. The van der Waals surface area contributed by atoms with E-state index < -0.39 is 0 Å². The van der Waals surface area contributed by atoms with Gasteiger partial charge in [-0.15, -0.1) is 0 Å². The van der Waals surface area contributed by atoms with Crippen molar-refractivity contribution in [1.82, 2.24) is 14.7 Å². The molecule has 0 spiro atoms. The third kappa shape index (κ3) is 2.92. The Labute approximate surface area is 118 Å². The topological polar surface area (TPSA) is 58.4 Å². The highest BCUT2D eigenvalue weighted by molar-refractivity contribution is 5.89. The van der Waals surface area contributed by atoms with Crippen LogP contribution in [0.5, 0.6) is 0 Å². The molecule has 1 aliphatic rings. The van der Waals surface area contributed by atoms with Gasteiger partial charge in [-0.25, -0.2) is 9.78 Å². The molecule has 0 radical (unpaired) electrons. The number of aryl methyl sites for hydroxylation is 1. The van der Waals surface area contributed by atoms with Crippen LogP contribution in [0.1, 0.15) is 37.8 Å². The van der Waals surface area contributed by atoms with E-state index in [2.05, 4.69) is 15.6 Å². The Bertz CT molecular complexity index is 613. The van der Waals surface area contributed by atoms with Crippen LogP contribution in [0.3, 0.4) is 0 Å². The molecule has 1 aliphatic carbocycles. The number of fused-ring (bicyclic) bond motifs is 1. The zero-order chi connectivity index (χ0) is 13.9. The van der Waals surface area contributed by atoms with Crippen LogP contribution in [-0.2, 0) is 0 Å². The lowest BCUT2D eigenvalue weighted by molar-refractivity contribution is 0.244. The maximum absolute atomic E-state index is 12.0. The first-order valence-electron chi connectivity index (χ1n) is 7.23. The van der Waals surface area contributed by atoms with Crippen molar-refractivity contribution in [3.8, 4) is 0 Å². The van der Waals surface area contributed by atoms with Gasteiger partial charge in [0, 0.05) is 18.4 Å². The zero-order valence-electron chi connectivity index (χ0n) is 11.7. The predicted octanol–water partition coefficient (Wildman–Crippen LogP) is 3.10. The van der Waals surface area contributed by atoms with E-state index in [1.165, 1.54) is 19.3 Å². The fraction of sp³-hybridized carbons (Fsp3) is 0.467. The number of imidazole rings is 1. The number of pyridine rings is 1. The molecule has 2 heterocycles. The quantitative estimate of drug-likeness (QED) is 0.882. The molecule has 0 aliphatic heterocycles. The maximum atomic E-state index is 12.0. The number of aromatic nitrogens is 2. The summed E-state index contributed by atoms with van der Waals surface area (Å²) < 4.78 is 1.92. The first-order valence-corrected chi connectivity index (χ1v) is 7.23. The van der Waals surface area contributed by atoms with E-state index >= 15 is 0 Å². The molecule has 2 aromatic heterocycles. The third-order valence-electron chi connectivity index (χ3n) is 3.77. The molecule has 5 heteroatoms. The largest absolute Gasteiger partial charge is 0.335 e. The summed E-state index contributed by atoms with van der Waals surface area (Å²) in [6.07, 6.45) is 9.72. The number of hydrogen-bond acceptors (Lipinski definition) is 2. The monoisotopic (exact) mass is 272 g/mol. The lowest BCUT2D eigenvalue weighted by Gasteiger charge is -2.22. The van der Waals surface area contributed by atoms with Crippen LogP contribution in [0.15, 0.2) is 24.5 Å². The first-order chi connectivity index (χ1) is 9.70. The summed E-state index contributed by atoms with van der Waals surface area (Å²) in [4.78, 5) is 16.3. The van der Waals surface area contributed by atoms with Gasteiger partial charge in [0.15, 0.2) is 0 Å². The van der Waals surface area contributed by atoms with Gasteiger partial charge in [0.2, 0.25) is 0 Å². The summed E-state index contributed by atoms with van der Waals surface area (Å²) in [5, 5.41) is 5.94. The van der Waals surface area contributed by atoms with Crippen LogP contribution in [-0.4, -0.2) is 21.5 Å². The van der Waals surface area contributed by atoms with E-state index in [0.717, 1.165) is 29.9 Å². The van der Waals surface area contributed by atoms with Gasteiger partial charge in [-0.2, -0.15) is 0 Å². The van der Waals surface area contributed by atoms with Crippen LogP contribution in [0.4, 0.5) is 10.5 Å². The number of nitrogens with one attached hydrogen (secondary N) is 2. The number of hydrogen-bond donors (Lipinski definition) is 2. The summed E-state index contributed by atoms with van der Waals surface area (Å²) in [6, 6.07) is 3.99. The second-order valence-electron chi connectivity index (χ2n) is 5.50. The van der Waals surface area contributed by atoms with E-state index in [4.69, 9.17) is 0 Å². The molecule has 5 nitrogen and oxygen atoms in total. The summed E-state index contributed by atoms with van der Waals surface area (Å²) in [5.74, 6) is 0. The minimum Gasteiger partial charge on any atom is -0.335 e. The minimum absolute atomic E-state index is 0.118. The molecule has 2 N–H and O–H groups in total. The second-order valence-corrected chi connectivity index (χ2v) is 5.50. The SMILES string of the molecule is Cc1cn2cc(NC(=O)NC3CCCCC3)ccc2n1. The lowest BCUT2D eigenvalue weighted by atomic mass is 9.96. The second kappa shape index (κ2) is 5.53. The van der Waals surface area contributed by atoms with Crippen molar-refractivity contribution in [2.45, 2.75) is 45.1 Å². The van der Waals surface area contributed by atoms with Gasteiger partial charge in [-0.3, -0.25) is 0 Å². The molecule has 0 bridgehead atoms. The molecule has 1 fully saturated rings. The van der Waals surface area contributed by atoms with E-state index in [-0.39, 0.29) is 6.03 Å². The van der Waals surface area contributed by atoms with Gasteiger partial charge < -0.3 is 15.0 Å². The van der Waals surface area contributed by atoms with Crippen LogP contribution in [0.25, 0.3) is 5.65 Å². The lowest BCUT2D eigenvalue weighted by Crippen LogP contribution is -2.39. The van der Waals surface area contributed by atoms with E-state index in [1.807, 2.05) is 35.9 Å². The first kappa shape index (κ1) is 13.0. The number of carbonyl (C=O) groups is 1. The summed E-state index contributed by atoms with van der Waals surface area (Å²) in [6.45, 7) is 1.95. The molecule has 0 unspecified atom stereocenters. The Balaban J connectivity index is 1.64. The van der Waals surface area contributed by atoms with E-state index in [0.29, 0.717) is 6.04 Å². The fourth-order valence-corrected chi connectivity index (χ4v) is 2.79. The van der Waals surface area contributed by atoms with Gasteiger partial charge in [0.25, 0.3) is 0 Å². The Kier molecular flexibility index (Phi) is 3.58. The third-order valence-corrected chi connectivity index (χ3v) is 3.77. The molecular weight excluding hydrogens is 252 g/mol. The fourth-order valence-electron chi connectivity index (χ4n) is 2.79. The summed E-state index contributed by atoms with van der Waals surface area (Å²) in [7, 11) is 0. The number of nitrogens with zero attached hydrogens (tertiary/aromatic N) is 2. The molecule has 2 aromatic rings. The maximum Gasteiger partial charge on any atom is 0.319 e. The Morgan fingerprint density at radius 2 is 2.05 bits per heavy atom. The van der Waals surface area contributed by atoms with Gasteiger partial charge in [-0.05, 0) is 31.9 Å². The predicted molar refractivity (Wildman–Crippen MR) is 79.0 cm³/mol. The molecule has 1 saturated carbocycles. The van der Waals surface area contributed by atoms with Crippen molar-refractivity contribution in [2.75, 3.05) is 5.32 Å². The van der Waals surface area contributed by atoms with Crippen LogP contribution in [0.2, 0.25) is 0 Å². The highest BCUT2D eigenvalue weighted by Crippen LogP contribution is 2.17. The molecule has 0 atom stereocenters. The normalized spacial score (nSPS) is 16.2. The number of carbonyl (C=O) groups excluding carboxylic acids is 1. The number of amides is 2. The Morgan fingerprint density at radius 1 is 1.25 bits per heavy atom. The highest BCUT2D eigenvalue weighted by atomic mass is 16.2. The minimum atomic E-state index is -0.118. The van der Waals surface area contributed by atoms with Gasteiger partial charge in [0.1, 0.15) is 5.65 Å². The molecule has 2 amide bonds. The average Bonchev–Trinajstić information content (AvgIpc) is 2.79. The van der Waals surface area contributed by atoms with Gasteiger partial charge in [-0.1, -0.05) is 19.3 Å². The molecule has 106 valence electrons. The van der Waals surface area contributed by atoms with E-state index in [1.54, 1.807) is 0 Å². The molecule has 3 rings (SSSR count). The van der Waals surface area contributed by atoms with Gasteiger partial charge >= 0.3 is 6.03 Å². The number of anilines is 1. The molecular formula is C15H20N4O. The van der Waals surface area contributed by atoms with Crippen molar-refractivity contribution in [1.29, 1.82) is 0 Å². The molecule has 20 heavy (non-hydrogen) atoms. The van der Waals surface area contributed by atoms with Crippen molar-refractivity contribution >= 4 is 17.4 Å². The average molecular weight is 272 g/mol. The number of urea groups is 1. The van der Waals surface area contributed by atoms with Crippen LogP contribution in [0, 0.1) is 6.92 Å². The standard InChI is InChI=1S/C15H20N4O/c1-11-9-19-10-13(7-8-14(19)16-11)18-15(20)17-12-5-3-2-4-6-12/h7-10,12H,2-6H2,1H3,(H2,17,18,20). The van der Waals surface area contributed by atoms with E-state index in [9.17, 15) is 4.79 Å². The van der Waals surface area contributed by atoms with Crippen LogP contribution < -0.4 is 10.6 Å². The van der Waals surface area contributed by atoms with Crippen molar-refractivity contribution < 1.29 is 4.79 Å². The molecule has 0 saturated heterocycles. The number of rotatable bonds is 2. The Morgan fingerprint density at radius 3 is 2.85 bits per heavy atom. The smallest absolute Gasteiger partial charge is 0.319 e. The Hall–Kier alpha value is -2.04. The van der Waals surface area contributed by atoms with Crippen molar-refractivity contribution in [3.05, 3.63) is 30.2 Å². The van der Waals surface area contributed by atoms with Crippen LogP contribution >= 0.6 is 0 Å². The van der Waals surface area contributed by atoms with Gasteiger partial charge in [0.05, 0.1) is 11.4 Å². The van der Waals surface area contributed by atoms with Crippen molar-refractivity contribution in [3.63, 3.8) is 0 Å². The summed E-state index contributed by atoms with van der Waals surface area (Å²) >= 11 is 0. The zero-order valence-corrected chi connectivity index (χ0v) is 11.7.